The number of unbranched alkanes of at least 4 members (excludes halogenated alkanes) is 26. The van der Waals surface area contributed by atoms with E-state index in [2.05, 4.69) is 19.2 Å². The maximum atomic E-state index is 12.5. The van der Waals surface area contributed by atoms with Crippen molar-refractivity contribution in [2.24, 2.45) is 0 Å². The van der Waals surface area contributed by atoms with Crippen molar-refractivity contribution in [2.75, 3.05) is 39.6 Å². The van der Waals surface area contributed by atoms with E-state index in [9.17, 15) is 9.46 Å². The molecular formula is C40H82NO6P. The summed E-state index contributed by atoms with van der Waals surface area (Å²) in [4.78, 5) is 10.2. The van der Waals surface area contributed by atoms with Gasteiger partial charge in [-0.25, -0.2) is 4.57 Å². The third-order valence-corrected chi connectivity index (χ3v) is 10.8. The van der Waals surface area contributed by atoms with Crippen LogP contribution in [-0.4, -0.2) is 56.6 Å². The van der Waals surface area contributed by atoms with Crippen molar-refractivity contribution in [3.05, 3.63) is 0 Å². The zero-order chi connectivity index (χ0) is 34.6. The van der Waals surface area contributed by atoms with Gasteiger partial charge in [-0.05, 0) is 32.2 Å². The Morgan fingerprint density at radius 2 is 1.00 bits per heavy atom. The summed E-state index contributed by atoms with van der Waals surface area (Å²) in [5.41, 5.74) is 0. The SMILES string of the molecule is CCCCCCCCCCCCCCCCOC[C@H](COP(=O)(O)OCC1CCCN1)OCCCCCCCCCCCCCCCC. The van der Waals surface area contributed by atoms with Gasteiger partial charge in [0.05, 0.1) is 19.8 Å². The normalized spacial score (nSPS) is 16.9. The second-order valence-corrected chi connectivity index (χ2v) is 16.1. The van der Waals surface area contributed by atoms with Gasteiger partial charge in [-0.2, -0.15) is 0 Å². The van der Waals surface area contributed by atoms with Gasteiger partial charge in [0.25, 0.3) is 0 Å². The lowest BCUT2D eigenvalue weighted by atomic mass is 10.0. The first-order valence-corrected chi connectivity index (χ1v) is 22.6. The molecule has 0 saturated carbocycles. The van der Waals surface area contributed by atoms with Crippen LogP contribution in [0.4, 0.5) is 0 Å². The van der Waals surface area contributed by atoms with Gasteiger partial charge in [-0.1, -0.05) is 181 Å². The van der Waals surface area contributed by atoms with Gasteiger partial charge < -0.3 is 19.7 Å². The summed E-state index contributed by atoms with van der Waals surface area (Å²) in [6.45, 7) is 7.37. The first-order valence-electron chi connectivity index (χ1n) is 21.1. The Balaban J connectivity index is 2.13. The highest BCUT2D eigenvalue weighted by Gasteiger charge is 2.26. The summed E-state index contributed by atoms with van der Waals surface area (Å²) in [5.74, 6) is 0. The molecule has 0 spiro atoms. The first-order chi connectivity index (χ1) is 23.6. The largest absolute Gasteiger partial charge is 0.472 e. The van der Waals surface area contributed by atoms with Crippen molar-refractivity contribution in [3.8, 4) is 0 Å². The summed E-state index contributed by atoms with van der Waals surface area (Å²) in [6.07, 6.45) is 38.9. The Morgan fingerprint density at radius 3 is 1.42 bits per heavy atom. The van der Waals surface area contributed by atoms with E-state index in [1.807, 2.05) is 0 Å². The lowest BCUT2D eigenvalue weighted by Gasteiger charge is -2.21. The van der Waals surface area contributed by atoms with E-state index < -0.39 is 7.82 Å². The van der Waals surface area contributed by atoms with Gasteiger partial charge in [-0.15, -0.1) is 0 Å². The van der Waals surface area contributed by atoms with Crippen LogP contribution in [0.2, 0.25) is 0 Å². The molecule has 0 radical (unpaired) electrons. The lowest BCUT2D eigenvalue weighted by molar-refractivity contribution is -0.0445. The molecule has 2 N–H and O–H groups in total. The van der Waals surface area contributed by atoms with Gasteiger partial charge >= 0.3 is 7.82 Å². The second-order valence-electron chi connectivity index (χ2n) is 14.6. The lowest BCUT2D eigenvalue weighted by Crippen LogP contribution is -2.28. The topological polar surface area (TPSA) is 86.3 Å². The maximum Gasteiger partial charge on any atom is 0.472 e. The molecule has 0 amide bonds. The Morgan fingerprint density at radius 1 is 0.583 bits per heavy atom. The fourth-order valence-electron chi connectivity index (χ4n) is 6.60. The molecule has 1 aliphatic rings. The van der Waals surface area contributed by atoms with Crippen molar-refractivity contribution in [1.29, 1.82) is 0 Å². The molecule has 1 aliphatic heterocycles. The van der Waals surface area contributed by atoms with Gasteiger partial charge in [-0.3, -0.25) is 9.05 Å². The van der Waals surface area contributed by atoms with E-state index in [-0.39, 0.29) is 25.4 Å². The summed E-state index contributed by atoms with van der Waals surface area (Å²) < 4.78 is 35.2. The molecule has 7 nitrogen and oxygen atoms in total. The standard InChI is InChI=1S/C40H82NO6P/c1-3-5-7-9-11-13-15-17-19-21-23-25-27-29-34-44-37-40(38-47-48(42,43)46-36-39-32-31-33-41-39)45-35-30-28-26-24-22-20-18-16-14-12-10-8-6-4-2/h39-41H,3-38H2,1-2H3,(H,42,43)/t39?,40-/m1/s1. The van der Waals surface area contributed by atoms with Crippen LogP contribution in [-0.2, 0) is 23.1 Å². The predicted molar refractivity (Wildman–Crippen MR) is 204 cm³/mol. The van der Waals surface area contributed by atoms with Gasteiger partial charge in [0, 0.05) is 19.3 Å². The summed E-state index contributed by atoms with van der Waals surface area (Å²) in [6, 6.07) is 0.120. The van der Waals surface area contributed by atoms with Crippen LogP contribution in [0.1, 0.15) is 206 Å². The highest BCUT2D eigenvalue weighted by Crippen LogP contribution is 2.43. The first kappa shape index (κ1) is 46.0. The van der Waals surface area contributed by atoms with E-state index in [0.29, 0.717) is 19.8 Å². The molecule has 2 unspecified atom stereocenters. The highest BCUT2D eigenvalue weighted by molar-refractivity contribution is 7.47. The minimum atomic E-state index is -4.13. The average molecular weight is 704 g/mol. The van der Waals surface area contributed by atoms with Crippen LogP contribution in [0.25, 0.3) is 0 Å². The van der Waals surface area contributed by atoms with Crippen LogP contribution in [0.15, 0.2) is 0 Å². The van der Waals surface area contributed by atoms with E-state index in [1.54, 1.807) is 0 Å². The molecule has 0 bridgehead atoms. The molecule has 0 aromatic carbocycles. The van der Waals surface area contributed by atoms with E-state index in [4.69, 9.17) is 18.5 Å². The molecule has 0 aliphatic carbocycles. The van der Waals surface area contributed by atoms with Crippen molar-refractivity contribution >= 4 is 7.82 Å². The minimum absolute atomic E-state index is 0.00319. The minimum Gasteiger partial charge on any atom is -0.379 e. The Labute approximate surface area is 298 Å². The molecule has 1 heterocycles. The molecule has 0 aromatic rings. The van der Waals surface area contributed by atoms with E-state index in [0.717, 1.165) is 38.6 Å². The second kappa shape index (κ2) is 35.4. The molecular weight excluding hydrogens is 621 g/mol. The number of rotatable bonds is 39. The van der Waals surface area contributed by atoms with Crippen LogP contribution >= 0.6 is 7.82 Å². The summed E-state index contributed by atoms with van der Waals surface area (Å²) in [5, 5.41) is 3.28. The molecule has 8 heteroatoms. The molecule has 288 valence electrons. The molecule has 0 aromatic heterocycles. The molecule has 1 fully saturated rings. The quantitative estimate of drug-likeness (QED) is 0.0487. The van der Waals surface area contributed by atoms with Gasteiger partial charge in [0.15, 0.2) is 0 Å². The third kappa shape index (κ3) is 31.9. The van der Waals surface area contributed by atoms with Crippen LogP contribution in [0, 0.1) is 0 Å². The number of phosphoric acid groups is 1. The number of hydrogen-bond acceptors (Lipinski definition) is 6. The fraction of sp³-hybridized carbons (Fsp3) is 1.00. The molecule has 48 heavy (non-hydrogen) atoms. The Hall–Kier alpha value is -0.0100. The maximum absolute atomic E-state index is 12.5. The fourth-order valence-corrected chi connectivity index (χ4v) is 7.40. The number of hydrogen-bond donors (Lipinski definition) is 2. The van der Waals surface area contributed by atoms with E-state index in [1.165, 1.54) is 161 Å². The predicted octanol–water partition coefficient (Wildman–Crippen LogP) is 12.2. The molecule has 3 atom stereocenters. The molecule has 1 saturated heterocycles. The molecule has 1 rings (SSSR count). The van der Waals surface area contributed by atoms with Crippen LogP contribution < -0.4 is 5.32 Å². The van der Waals surface area contributed by atoms with Gasteiger partial charge in [0.2, 0.25) is 0 Å². The van der Waals surface area contributed by atoms with Crippen molar-refractivity contribution in [2.45, 2.75) is 219 Å². The van der Waals surface area contributed by atoms with Crippen LogP contribution in [0.5, 0.6) is 0 Å². The smallest absolute Gasteiger partial charge is 0.379 e. The monoisotopic (exact) mass is 704 g/mol. The zero-order valence-electron chi connectivity index (χ0n) is 32.0. The Kier molecular flexibility index (Phi) is 33.9. The number of nitrogens with one attached hydrogen (secondary N) is 1. The number of phosphoric ester groups is 1. The van der Waals surface area contributed by atoms with Crippen molar-refractivity contribution in [3.63, 3.8) is 0 Å². The average Bonchev–Trinajstić information content (AvgIpc) is 3.61. The highest BCUT2D eigenvalue weighted by atomic mass is 31.2. The zero-order valence-corrected chi connectivity index (χ0v) is 32.9. The Bertz CT molecular complexity index is 693. The van der Waals surface area contributed by atoms with Crippen LogP contribution in [0.3, 0.4) is 0 Å². The van der Waals surface area contributed by atoms with Crippen molar-refractivity contribution in [1.82, 2.24) is 5.32 Å². The van der Waals surface area contributed by atoms with Gasteiger partial charge in [0.1, 0.15) is 6.10 Å². The van der Waals surface area contributed by atoms with Crippen molar-refractivity contribution < 1.29 is 28.0 Å². The third-order valence-electron chi connectivity index (χ3n) is 9.82. The van der Waals surface area contributed by atoms with E-state index >= 15 is 0 Å². The summed E-state index contributed by atoms with van der Waals surface area (Å²) in [7, 11) is -4.13. The number of ether oxygens (including phenoxy) is 2. The summed E-state index contributed by atoms with van der Waals surface area (Å²) >= 11 is 0.